The molecule has 0 aromatic heterocycles. The van der Waals surface area contributed by atoms with Crippen LogP contribution in [0.1, 0.15) is 50.2 Å². The van der Waals surface area contributed by atoms with Crippen LogP contribution in [0.2, 0.25) is 0 Å². The first-order valence-electron chi connectivity index (χ1n) is 14.0. The molecule has 4 N–H and O–H groups in total. The van der Waals surface area contributed by atoms with E-state index >= 15 is 4.39 Å². The van der Waals surface area contributed by atoms with E-state index in [4.69, 9.17) is 0 Å². The second kappa shape index (κ2) is 14.2. The monoisotopic (exact) mass is 581 g/mol. The van der Waals surface area contributed by atoms with Crippen molar-refractivity contribution < 1.29 is 37.4 Å². The van der Waals surface area contributed by atoms with Crippen LogP contribution in [-0.2, 0) is 21.6 Å². The van der Waals surface area contributed by atoms with Crippen molar-refractivity contribution in [1.82, 2.24) is 15.5 Å². The van der Waals surface area contributed by atoms with Crippen molar-refractivity contribution in [3.05, 3.63) is 59.4 Å². The molecule has 3 rings (SSSR count). The number of benzene rings is 2. The number of hydrogen-bond acceptors (Lipinski definition) is 5. The molecule has 2 aromatic carbocycles. The van der Waals surface area contributed by atoms with Crippen LogP contribution in [-0.4, -0.2) is 72.4 Å². The molecular weight excluding hydrogens is 542 g/mol. The molecule has 1 saturated heterocycles. The first-order chi connectivity index (χ1) is 19.4. The van der Waals surface area contributed by atoms with E-state index in [-0.39, 0.29) is 55.9 Å². The number of carbonyl (C=O) groups is 2. The van der Waals surface area contributed by atoms with E-state index in [9.17, 15) is 33.0 Å². The smallest absolute Gasteiger partial charge is 0.391 e. The van der Waals surface area contributed by atoms with Gasteiger partial charge < -0.3 is 25.7 Å². The van der Waals surface area contributed by atoms with E-state index in [1.54, 1.807) is 30.1 Å². The quantitative estimate of drug-likeness (QED) is 0.225. The Kier molecular flexibility index (Phi) is 11.3. The number of halogens is 4. The molecule has 0 bridgehead atoms. The number of aliphatic hydroxyl groups excluding tert-OH is 1. The molecule has 3 atom stereocenters. The second-order valence-corrected chi connectivity index (χ2v) is 10.6. The Morgan fingerprint density at radius 2 is 1.90 bits per heavy atom. The molecule has 0 saturated carbocycles. The molecule has 1 unspecified atom stereocenters. The summed E-state index contributed by atoms with van der Waals surface area (Å²) in [5.41, 5.74) is 0.260. The number of likely N-dealkylation sites (N-methyl/N-ethyl adjacent to an activating group) is 1. The first-order valence-corrected chi connectivity index (χ1v) is 14.0. The van der Waals surface area contributed by atoms with Crippen molar-refractivity contribution >= 4 is 11.8 Å². The van der Waals surface area contributed by atoms with Gasteiger partial charge in [-0.15, -0.1) is 0 Å². The lowest BCUT2D eigenvalue weighted by atomic mass is 9.72. The summed E-state index contributed by atoms with van der Waals surface area (Å²) < 4.78 is 53.6. The summed E-state index contributed by atoms with van der Waals surface area (Å²) in [7, 11) is 1.66. The maximum atomic E-state index is 15.5. The number of carbonyl (C=O) groups excluding carboxylic acids is 2. The van der Waals surface area contributed by atoms with E-state index in [0.717, 1.165) is 5.56 Å². The van der Waals surface area contributed by atoms with Gasteiger partial charge in [-0.3, -0.25) is 9.59 Å². The molecule has 1 aliphatic rings. The predicted molar refractivity (Wildman–Crippen MR) is 147 cm³/mol. The highest BCUT2D eigenvalue weighted by Crippen LogP contribution is 2.44. The maximum absolute atomic E-state index is 15.5. The van der Waals surface area contributed by atoms with Gasteiger partial charge in [0.05, 0.1) is 18.1 Å². The molecule has 1 fully saturated rings. The minimum absolute atomic E-state index is 0.0192. The Bertz CT molecular complexity index is 1190. The van der Waals surface area contributed by atoms with Crippen molar-refractivity contribution in [3.63, 3.8) is 0 Å². The van der Waals surface area contributed by atoms with Crippen LogP contribution < -0.4 is 10.6 Å². The molecule has 0 aliphatic carbocycles. The summed E-state index contributed by atoms with van der Waals surface area (Å²) in [5.74, 6) is -3.49. The van der Waals surface area contributed by atoms with Crippen LogP contribution in [0.25, 0.3) is 11.1 Å². The van der Waals surface area contributed by atoms with Gasteiger partial charge in [0.15, 0.2) is 0 Å². The van der Waals surface area contributed by atoms with Gasteiger partial charge in [0.25, 0.3) is 0 Å². The van der Waals surface area contributed by atoms with Gasteiger partial charge in [-0.05, 0) is 61.9 Å². The fourth-order valence-corrected chi connectivity index (χ4v) is 5.58. The number of nitrogens with one attached hydrogen (secondary N) is 2. The largest absolute Gasteiger partial charge is 0.471 e. The molecule has 1 aliphatic heterocycles. The summed E-state index contributed by atoms with van der Waals surface area (Å²) in [6, 6.07) is 11.7. The predicted octanol–water partition coefficient (Wildman–Crippen LogP) is 3.91. The van der Waals surface area contributed by atoms with E-state index in [0.29, 0.717) is 31.4 Å². The van der Waals surface area contributed by atoms with Crippen molar-refractivity contribution in [2.75, 3.05) is 33.2 Å². The molecule has 2 aromatic rings. The lowest BCUT2D eigenvalue weighted by Crippen LogP contribution is -2.49. The highest BCUT2D eigenvalue weighted by atomic mass is 19.4. The summed E-state index contributed by atoms with van der Waals surface area (Å²) in [4.78, 5) is 25.9. The molecule has 11 heteroatoms. The number of aryl methyl sites for hydroxylation is 1. The second-order valence-electron chi connectivity index (χ2n) is 10.6. The third-order valence-corrected chi connectivity index (χ3v) is 7.68. The topological polar surface area (TPSA) is 102 Å². The van der Waals surface area contributed by atoms with Crippen LogP contribution in [0, 0.1) is 11.7 Å². The van der Waals surface area contributed by atoms with Crippen LogP contribution in [0.4, 0.5) is 17.6 Å². The molecule has 7 nitrogen and oxygen atoms in total. The Labute approximate surface area is 237 Å². The van der Waals surface area contributed by atoms with Gasteiger partial charge in [-0.2, -0.15) is 13.2 Å². The molecule has 1 heterocycles. The van der Waals surface area contributed by atoms with Crippen LogP contribution in [0.3, 0.4) is 0 Å². The number of likely N-dealkylation sites (tertiary alicyclic amines) is 1. The number of amides is 2. The van der Waals surface area contributed by atoms with Gasteiger partial charge in [0, 0.05) is 37.7 Å². The summed E-state index contributed by atoms with van der Waals surface area (Å²) in [6.45, 7) is 2.41. The zero-order chi connectivity index (χ0) is 30.2. The molecule has 0 radical (unpaired) electrons. The fourth-order valence-electron chi connectivity index (χ4n) is 5.58. The minimum Gasteiger partial charge on any atom is -0.391 e. The SMILES string of the molecule is CCc1cccc(-c2c(F)cccc2[C@](O)(CCCNC(=O)C(F)(F)F)C2CCCN(C(=O)C[C@@H](O)CNC)C2)c1. The van der Waals surface area contributed by atoms with Crippen molar-refractivity contribution in [2.45, 2.75) is 63.3 Å². The van der Waals surface area contributed by atoms with E-state index in [1.165, 1.54) is 12.1 Å². The van der Waals surface area contributed by atoms with Crippen molar-refractivity contribution in [2.24, 2.45) is 5.92 Å². The Balaban J connectivity index is 1.98. The maximum Gasteiger partial charge on any atom is 0.471 e. The third-order valence-electron chi connectivity index (χ3n) is 7.68. The van der Waals surface area contributed by atoms with Crippen molar-refractivity contribution in [3.8, 4) is 11.1 Å². The zero-order valence-corrected chi connectivity index (χ0v) is 23.4. The number of piperidine rings is 1. The molecule has 226 valence electrons. The van der Waals surface area contributed by atoms with Crippen LogP contribution in [0.15, 0.2) is 42.5 Å². The normalized spacial score (nSPS) is 18.0. The zero-order valence-electron chi connectivity index (χ0n) is 23.4. The Hall–Kier alpha value is -3.02. The molecule has 41 heavy (non-hydrogen) atoms. The average Bonchev–Trinajstić information content (AvgIpc) is 2.94. The van der Waals surface area contributed by atoms with Crippen LogP contribution >= 0.6 is 0 Å². The number of rotatable bonds is 12. The fraction of sp³-hybridized carbons (Fsp3) is 0.533. The van der Waals surface area contributed by atoms with Gasteiger partial charge in [-0.1, -0.05) is 43.3 Å². The molecule has 0 spiro atoms. The van der Waals surface area contributed by atoms with Crippen LogP contribution in [0.5, 0.6) is 0 Å². The van der Waals surface area contributed by atoms with Gasteiger partial charge in [0.2, 0.25) is 5.91 Å². The number of alkyl halides is 3. The average molecular weight is 582 g/mol. The first kappa shape index (κ1) is 32.5. The lowest BCUT2D eigenvalue weighted by molar-refractivity contribution is -0.173. The third kappa shape index (κ3) is 8.27. The van der Waals surface area contributed by atoms with E-state index < -0.39 is 35.5 Å². The summed E-state index contributed by atoms with van der Waals surface area (Å²) in [6.07, 6.45) is -4.38. The Morgan fingerprint density at radius 1 is 1.17 bits per heavy atom. The standard InChI is InChI=1S/C30H39F4N3O4/c1-3-20-8-4-9-21(16-20)27-24(11-5-12-25(27)31)29(41,13-7-14-36-28(40)30(32,33)34)22-10-6-15-37(19-22)26(39)17-23(38)18-35-2/h4-5,8-9,11-12,16,22-23,35,38,41H,3,6-7,10,13-15,17-19H2,1-2H3,(H,36,40)/t22?,23-,29+/m1/s1. The minimum atomic E-state index is -5.03. The Morgan fingerprint density at radius 3 is 2.59 bits per heavy atom. The number of nitrogens with zero attached hydrogens (tertiary/aromatic N) is 1. The summed E-state index contributed by atoms with van der Waals surface area (Å²) >= 11 is 0. The van der Waals surface area contributed by atoms with Gasteiger partial charge >= 0.3 is 12.1 Å². The van der Waals surface area contributed by atoms with Gasteiger partial charge in [-0.25, -0.2) is 4.39 Å². The van der Waals surface area contributed by atoms with Crippen molar-refractivity contribution in [1.29, 1.82) is 0 Å². The van der Waals surface area contributed by atoms with E-state index in [1.807, 2.05) is 24.4 Å². The summed E-state index contributed by atoms with van der Waals surface area (Å²) in [5, 5.41) is 27.2. The number of aliphatic hydroxyl groups is 2. The highest BCUT2D eigenvalue weighted by Gasteiger charge is 2.43. The molecule has 2 amide bonds. The molecular formula is C30H39F4N3O4. The van der Waals surface area contributed by atoms with Gasteiger partial charge in [0.1, 0.15) is 5.82 Å². The van der Waals surface area contributed by atoms with E-state index in [2.05, 4.69) is 5.32 Å². The number of hydrogen-bond donors (Lipinski definition) is 4. The lowest BCUT2D eigenvalue weighted by Gasteiger charge is -2.44. The highest BCUT2D eigenvalue weighted by molar-refractivity contribution is 5.81.